The fourth-order valence-corrected chi connectivity index (χ4v) is 0.391. The summed E-state index contributed by atoms with van der Waals surface area (Å²) in [5, 5.41) is 7.11. The van der Waals surface area contributed by atoms with Crippen LogP contribution in [0.3, 0.4) is 0 Å². The molecule has 0 aliphatic carbocycles. The van der Waals surface area contributed by atoms with Crippen LogP contribution in [-0.4, -0.2) is 5.71 Å². The van der Waals surface area contributed by atoms with Gasteiger partial charge in [-0.15, -0.1) is 0 Å². The van der Waals surface area contributed by atoms with Crippen molar-refractivity contribution in [3.05, 3.63) is 6.42 Å². The fourth-order valence-electron chi connectivity index (χ4n) is 0.391. The quantitative estimate of drug-likeness (QED) is 0.522. The largest absolute Gasteiger partial charge is 0.310 e. The first-order valence-corrected chi connectivity index (χ1v) is 2.65. The summed E-state index contributed by atoms with van der Waals surface area (Å²) < 4.78 is 0. The molecule has 0 bridgehead atoms. The summed E-state index contributed by atoms with van der Waals surface area (Å²) in [4.78, 5) is 0. The first kappa shape index (κ1) is 6.67. The van der Waals surface area contributed by atoms with E-state index in [9.17, 15) is 0 Å². The third kappa shape index (κ3) is 3.50. The molecular formula is C6H12N. The average Bonchev–Trinajstić information content (AvgIpc) is 1.68. The highest BCUT2D eigenvalue weighted by Crippen LogP contribution is 1.90. The molecule has 0 heterocycles. The van der Waals surface area contributed by atoms with Gasteiger partial charge >= 0.3 is 0 Å². The van der Waals surface area contributed by atoms with Gasteiger partial charge in [-0.3, -0.25) is 0 Å². The molecule has 1 nitrogen and oxygen atoms in total. The number of hydrogen-bond donors (Lipinski definition) is 1. The zero-order valence-electron chi connectivity index (χ0n) is 4.99. The van der Waals surface area contributed by atoms with Gasteiger partial charge in [0.1, 0.15) is 0 Å². The van der Waals surface area contributed by atoms with E-state index in [2.05, 4.69) is 0 Å². The molecule has 0 amide bonds. The second kappa shape index (κ2) is 3.85. The summed E-state index contributed by atoms with van der Waals surface area (Å²) in [6, 6.07) is 0. The summed E-state index contributed by atoms with van der Waals surface area (Å²) in [6.07, 6.45) is 3.76. The van der Waals surface area contributed by atoms with Crippen LogP contribution in [0, 0.1) is 11.8 Å². The Labute approximate surface area is 45.2 Å². The van der Waals surface area contributed by atoms with Gasteiger partial charge in [-0.2, -0.15) is 0 Å². The Morgan fingerprint density at radius 2 is 2.29 bits per heavy atom. The van der Waals surface area contributed by atoms with Crippen LogP contribution in [0.5, 0.6) is 0 Å². The number of hydrogen-bond acceptors (Lipinski definition) is 1. The third-order valence-corrected chi connectivity index (χ3v) is 0.877. The van der Waals surface area contributed by atoms with E-state index in [4.69, 9.17) is 5.41 Å². The molecular weight excluding hydrogens is 86.1 g/mol. The van der Waals surface area contributed by atoms with E-state index in [1.165, 1.54) is 0 Å². The van der Waals surface area contributed by atoms with Crippen molar-refractivity contribution in [3.63, 3.8) is 0 Å². The molecule has 0 rings (SSSR count). The maximum Gasteiger partial charge on any atom is 0.00891 e. The molecule has 0 saturated heterocycles. The number of rotatable bonds is 3. The van der Waals surface area contributed by atoms with Crippen molar-refractivity contribution in [1.82, 2.24) is 0 Å². The van der Waals surface area contributed by atoms with Gasteiger partial charge in [0.2, 0.25) is 0 Å². The van der Waals surface area contributed by atoms with Gasteiger partial charge < -0.3 is 5.41 Å². The minimum absolute atomic E-state index is 0.822. The summed E-state index contributed by atoms with van der Waals surface area (Å²) in [6.45, 7) is 3.98. The van der Waals surface area contributed by atoms with Gasteiger partial charge in [-0.05, 0) is 19.3 Å². The van der Waals surface area contributed by atoms with Gasteiger partial charge in [0.25, 0.3) is 0 Å². The van der Waals surface area contributed by atoms with Crippen LogP contribution in [0.1, 0.15) is 26.7 Å². The molecule has 0 fully saturated rings. The lowest BCUT2D eigenvalue weighted by molar-refractivity contribution is 1.13. The minimum Gasteiger partial charge on any atom is -0.310 e. The molecule has 0 atom stereocenters. The van der Waals surface area contributed by atoms with E-state index in [-0.39, 0.29) is 0 Å². The van der Waals surface area contributed by atoms with Crippen LogP contribution in [0.2, 0.25) is 0 Å². The first-order chi connectivity index (χ1) is 3.31. The van der Waals surface area contributed by atoms with Crippen LogP contribution < -0.4 is 0 Å². The molecule has 0 saturated carbocycles. The second-order valence-corrected chi connectivity index (χ2v) is 1.57. The van der Waals surface area contributed by atoms with E-state index < -0.39 is 0 Å². The highest BCUT2D eigenvalue weighted by molar-refractivity contribution is 5.81. The molecule has 0 aliphatic rings. The lowest BCUT2D eigenvalue weighted by Crippen LogP contribution is -1.90. The Morgan fingerprint density at radius 1 is 1.71 bits per heavy atom. The van der Waals surface area contributed by atoms with E-state index in [1.807, 2.05) is 20.3 Å². The summed E-state index contributed by atoms with van der Waals surface area (Å²) in [7, 11) is 0. The Kier molecular flexibility index (Phi) is 3.67. The molecule has 0 spiro atoms. The molecule has 1 N–H and O–H groups in total. The van der Waals surface area contributed by atoms with Crippen molar-refractivity contribution in [2.24, 2.45) is 0 Å². The highest BCUT2D eigenvalue weighted by atomic mass is 14.4. The van der Waals surface area contributed by atoms with Crippen LogP contribution in [0.25, 0.3) is 0 Å². The topological polar surface area (TPSA) is 23.9 Å². The van der Waals surface area contributed by atoms with Crippen molar-refractivity contribution in [2.45, 2.75) is 26.7 Å². The zero-order valence-corrected chi connectivity index (χ0v) is 4.99. The molecule has 0 aromatic heterocycles. The zero-order chi connectivity index (χ0) is 5.70. The maximum atomic E-state index is 7.11. The van der Waals surface area contributed by atoms with Crippen molar-refractivity contribution in [3.8, 4) is 0 Å². The predicted molar refractivity (Wildman–Crippen MR) is 32.6 cm³/mol. The molecule has 41 valence electrons. The lowest BCUT2D eigenvalue weighted by atomic mass is 10.2. The SMILES string of the molecule is C[CH]CC(=N)CC. The Balaban J connectivity index is 3.00. The maximum absolute atomic E-state index is 7.11. The van der Waals surface area contributed by atoms with Gasteiger partial charge in [0, 0.05) is 5.71 Å². The van der Waals surface area contributed by atoms with Crippen molar-refractivity contribution in [1.29, 1.82) is 5.41 Å². The van der Waals surface area contributed by atoms with E-state index in [1.54, 1.807) is 0 Å². The Morgan fingerprint density at radius 3 is 2.43 bits per heavy atom. The molecule has 1 radical (unpaired) electrons. The predicted octanol–water partition coefficient (Wildman–Crippen LogP) is 2.03. The van der Waals surface area contributed by atoms with Crippen LogP contribution in [0.4, 0.5) is 0 Å². The molecule has 7 heavy (non-hydrogen) atoms. The Bertz CT molecular complexity index is 57.2. The molecule has 1 heteroatoms. The van der Waals surface area contributed by atoms with Crippen LogP contribution >= 0.6 is 0 Å². The summed E-state index contributed by atoms with van der Waals surface area (Å²) in [5.74, 6) is 0. The number of nitrogens with one attached hydrogen (secondary N) is 1. The first-order valence-electron chi connectivity index (χ1n) is 2.65. The molecule has 0 aliphatic heterocycles. The summed E-state index contributed by atoms with van der Waals surface area (Å²) >= 11 is 0. The van der Waals surface area contributed by atoms with Gasteiger partial charge in [-0.1, -0.05) is 13.8 Å². The monoisotopic (exact) mass is 98.1 g/mol. The van der Waals surface area contributed by atoms with Gasteiger partial charge in [0.15, 0.2) is 0 Å². The average molecular weight is 98.2 g/mol. The molecule has 0 aromatic rings. The van der Waals surface area contributed by atoms with Crippen molar-refractivity contribution >= 4 is 5.71 Å². The van der Waals surface area contributed by atoms with Crippen LogP contribution in [-0.2, 0) is 0 Å². The van der Waals surface area contributed by atoms with Crippen molar-refractivity contribution in [2.75, 3.05) is 0 Å². The normalized spacial score (nSPS) is 8.86. The van der Waals surface area contributed by atoms with Gasteiger partial charge in [0.05, 0.1) is 0 Å². The minimum atomic E-state index is 0.822. The second-order valence-electron chi connectivity index (χ2n) is 1.57. The molecule has 0 aromatic carbocycles. The van der Waals surface area contributed by atoms with E-state index in [0.29, 0.717) is 0 Å². The highest BCUT2D eigenvalue weighted by Gasteiger charge is 1.86. The van der Waals surface area contributed by atoms with E-state index >= 15 is 0 Å². The Hall–Kier alpha value is -0.330. The molecule has 0 unspecified atom stereocenters. The van der Waals surface area contributed by atoms with Crippen molar-refractivity contribution < 1.29 is 0 Å². The standard InChI is InChI=1S/C6H12N/c1-3-5-6(7)4-2/h3,7H,4-5H2,1-2H3. The van der Waals surface area contributed by atoms with Crippen LogP contribution in [0.15, 0.2) is 0 Å². The smallest absolute Gasteiger partial charge is 0.00891 e. The third-order valence-electron chi connectivity index (χ3n) is 0.877. The lowest BCUT2D eigenvalue weighted by Gasteiger charge is -1.91. The fraction of sp³-hybridized carbons (Fsp3) is 0.667. The van der Waals surface area contributed by atoms with Gasteiger partial charge in [-0.25, -0.2) is 0 Å². The summed E-state index contributed by atoms with van der Waals surface area (Å²) in [5.41, 5.74) is 0.822. The van der Waals surface area contributed by atoms with E-state index in [0.717, 1.165) is 18.6 Å².